The molecule has 0 radical (unpaired) electrons. The molecular weight excluding hydrogens is 388 g/mol. The fourth-order valence-corrected chi connectivity index (χ4v) is 3.25. The topological polar surface area (TPSA) is 67.5 Å². The van der Waals surface area contributed by atoms with Crippen LogP contribution in [0.15, 0.2) is 55.1 Å². The molecule has 2 aromatic carbocycles. The minimum Gasteiger partial charge on any atom is -0.378 e. The second kappa shape index (κ2) is 9.54. The van der Waals surface area contributed by atoms with Gasteiger partial charge in [0.2, 0.25) is 0 Å². The molecule has 3 aromatic rings. The molecule has 1 amide bonds. The molecular formula is C21H26ClN6O+. The summed E-state index contributed by atoms with van der Waals surface area (Å²) in [5, 5.41) is 7.66. The summed E-state index contributed by atoms with van der Waals surface area (Å²) < 4.78 is 1.60. The van der Waals surface area contributed by atoms with Gasteiger partial charge in [-0.25, -0.2) is 9.67 Å². The van der Waals surface area contributed by atoms with E-state index in [2.05, 4.69) is 51.5 Å². The van der Waals surface area contributed by atoms with Crippen molar-refractivity contribution >= 4 is 28.9 Å². The lowest BCUT2D eigenvalue weighted by atomic mass is 10.2. The van der Waals surface area contributed by atoms with E-state index in [1.807, 2.05) is 20.2 Å². The van der Waals surface area contributed by atoms with Crippen molar-refractivity contribution in [1.82, 2.24) is 14.8 Å². The van der Waals surface area contributed by atoms with E-state index in [0.29, 0.717) is 17.3 Å². The van der Waals surface area contributed by atoms with E-state index in [0.717, 1.165) is 24.5 Å². The van der Waals surface area contributed by atoms with Crippen LogP contribution >= 0.6 is 11.6 Å². The van der Waals surface area contributed by atoms with Crippen LogP contribution in [-0.4, -0.2) is 47.9 Å². The third kappa shape index (κ3) is 5.56. The van der Waals surface area contributed by atoms with Crippen LogP contribution in [-0.2, 0) is 11.3 Å². The standard InChI is InChI=1S/C21H25ClN6O/c1-4-27(12-16-5-8-18(9-6-16)26(2)3)13-21(29)25-19-11-17(22)7-10-20(19)28-15-23-14-24-28/h5-11,14-15H,4,12-13H2,1-3H3,(H,25,29)/p+1. The number of hydrogen-bond donors (Lipinski definition) is 2. The van der Waals surface area contributed by atoms with Crippen molar-refractivity contribution in [3.05, 3.63) is 65.7 Å². The lowest BCUT2D eigenvalue weighted by Crippen LogP contribution is -3.11. The van der Waals surface area contributed by atoms with Crippen molar-refractivity contribution in [2.75, 3.05) is 37.4 Å². The summed E-state index contributed by atoms with van der Waals surface area (Å²) in [6, 6.07) is 13.7. The molecule has 8 heteroatoms. The molecule has 0 spiro atoms. The predicted molar refractivity (Wildman–Crippen MR) is 116 cm³/mol. The van der Waals surface area contributed by atoms with E-state index in [1.165, 1.54) is 16.8 Å². The summed E-state index contributed by atoms with van der Waals surface area (Å²) in [5.41, 5.74) is 3.69. The zero-order valence-electron chi connectivity index (χ0n) is 16.9. The lowest BCUT2D eigenvalue weighted by molar-refractivity contribution is -0.903. The number of aromatic nitrogens is 3. The van der Waals surface area contributed by atoms with Crippen molar-refractivity contribution in [1.29, 1.82) is 0 Å². The number of quaternary nitrogens is 1. The Labute approximate surface area is 175 Å². The summed E-state index contributed by atoms with van der Waals surface area (Å²) in [5.74, 6) is -0.0737. The maximum absolute atomic E-state index is 12.7. The molecule has 1 aromatic heterocycles. The molecule has 3 rings (SSSR count). The van der Waals surface area contributed by atoms with Gasteiger partial charge in [0.25, 0.3) is 5.91 Å². The van der Waals surface area contributed by atoms with Crippen molar-refractivity contribution < 1.29 is 9.69 Å². The molecule has 0 bridgehead atoms. The van der Waals surface area contributed by atoms with E-state index in [1.54, 1.807) is 23.1 Å². The third-order valence-corrected chi connectivity index (χ3v) is 4.95. The average molecular weight is 414 g/mol. The zero-order chi connectivity index (χ0) is 20.8. The highest BCUT2D eigenvalue weighted by molar-refractivity contribution is 6.31. The molecule has 0 saturated carbocycles. The molecule has 29 heavy (non-hydrogen) atoms. The molecule has 1 heterocycles. The van der Waals surface area contributed by atoms with Crippen LogP contribution in [0, 0.1) is 0 Å². The quantitative estimate of drug-likeness (QED) is 0.593. The SMILES string of the molecule is CC[NH+](CC(=O)Nc1cc(Cl)ccc1-n1cncn1)Cc1ccc(N(C)C)cc1. The van der Waals surface area contributed by atoms with E-state index in [4.69, 9.17) is 11.6 Å². The van der Waals surface area contributed by atoms with Crippen LogP contribution < -0.4 is 15.1 Å². The number of nitrogens with one attached hydrogen (secondary N) is 2. The highest BCUT2D eigenvalue weighted by Gasteiger charge is 2.16. The number of carbonyl (C=O) groups excluding carboxylic acids is 1. The van der Waals surface area contributed by atoms with Crippen LogP contribution in [0.2, 0.25) is 5.02 Å². The van der Waals surface area contributed by atoms with Crippen LogP contribution in [0.25, 0.3) is 5.69 Å². The molecule has 0 fully saturated rings. The van der Waals surface area contributed by atoms with Crippen LogP contribution in [0.1, 0.15) is 12.5 Å². The lowest BCUT2D eigenvalue weighted by Gasteiger charge is -2.19. The number of likely N-dealkylation sites (N-methyl/N-ethyl adjacent to an activating group) is 1. The van der Waals surface area contributed by atoms with E-state index < -0.39 is 0 Å². The Morgan fingerprint density at radius 1 is 1.21 bits per heavy atom. The minimum atomic E-state index is -0.0737. The molecule has 0 aliphatic carbocycles. The van der Waals surface area contributed by atoms with E-state index in [-0.39, 0.29) is 5.91 Å². The Bertz CT molecular complexity index is 940. The fraction of sp³-hybridized carbons (Fsp3) is 0.286. The van der Waals surface area contributed by atoms with E-state index >= 15 is 0 Å². The first-order valence-corrected chi connectivity index (χ1v) is 9.88. The number of benzene rings is 2. The third-order valence-electron chi connectivity index (χ3n) is 4.72. The number of rotatable bonds is 8. The van der Waals surface area contributed by atoms with Gasteiger partial charge in [0.15, 0.2) is 6.54 Å². The van der Waals surface area contributed by atoms with E-state index in [9.17, 15) is 4.79 Å². The maximum atomic E-state index is 12.7. The van der Waals surface area contributed by atoms with Crippen molar-refractivity contribution in [3.63, 3.8) is 0 Å². The van der Waals surface area contributed by atoms with Gasteiger partial charge in [-0.1, -0.05) is 23.7 Å². The summed E-state index contributed by atoms with van der Waals surface area (Å²) >= 11 is 6.13. The van der Waals surface area contributed by atoms with Gasteiger partial charge in [0.1, 0.15) is 19.2 Å². The minimum absolute atomic E-state index is 0.0737. The molecule has 2 N–H and O–H groups in total. The van der Waals surface area contributed by atoms with Crippen LogP contribution in [0.4, 0.5) is 11.4 Å². The van der Waals surface area contributed by atoms with Crippen LogP contribution in [0.3, 0.4) is 0 Å². The predicted octanol–water partition coefficient (Wildman–Crippen LogP) is 2.03. The van der Waals surface area contributed by atoms with Gasteiger partial charge < -0.3 is 15.1 Å². The number of amides is 1. The first kappa shape index (κ1) is 20.8. The summed E-state index contributed by atoms with van der Waals surface area (Å²) in [6.45, 7) is 4.06. The van der Waals surface area contributed by atoms with Gasteiger partial charge in [-0.05, 0) is 37.3 Å². The smallest absolute Gasteiger partial charge is 0.279 e. The van der Waals surface area contributed by atoms with Gasteiger partial charge >= 0.3 is 0 Å². The highest BCUT2D eigenvalue weighted by Crippen LogP contribution is 2.23. The average Bonchev–Trinajstić information content (AvgIpc) is 3.22. The molecule has 1 atom stereocenters. The molecule has 0 aliphatic heterocycles. The first-order valence-electron chi connectivity index (χ1n) is 9.50. The Morgan fingerprint density at radius 2 is 1.97 bits per heavy atom. The van der Waals surface area contributed by atoms with Crippen LogP contribution in [0.5, 0.6) is 0 Å². The highest BCUT2D eigenvalue weighted by atomic mass is 35.5. The van der Waals surface area contributed by atoms with Gasteiger partial charge in [-0.2, -0.15) is 5.10 Å². The molecule has 1 unspecified atom stereocenters. The molecule has 7 nitrogen and oxygen atoms in total. The molecule has 0 saturated heterocycles. The monoisotopic (exact) mass is 413 g/mol. The Morgan fingerprint density at radius 3 is 2.59 bits per heavy atom. The van der Waals surface area contributed by atoms with Gasteiger partial charge in [-0.3, -0.25) is 4.79 Å². The first-order chi connectivity index (χ1) is 14.0. The Kier molecular flexibility index (Phi) is 6.85. The van der Waals surface area contributed by atoms with Crippen molar-refractivity contribution in [3.8, 4) is 5.69 Å². The second-order valence-corrected chi connectivity index (χ2v) is 7.50. The van der Waals surface area contributed by atoms with Crippen molar-refractivity contribution in [2.45, 2.75) is 13.5 Å². The largest absolute Gasteiger partial charge is 0.378 e. The molecule has 0 aliphatic rings. The summed E-state index contributed by atoms with van der Waals surface area (Å²) in [6.07, 6.45) is 3.03. The number of nitrogens with zero attached hydrogens (tertiary/aromatic N) is 4. The van der Waals surface area contributed by atoms with Crippen molar-refractivity contribution in [2.24, 2.45) is 0 Å². The number of hydrogen-bond acceptors (Lipinski definition) is 4. The Hall–Kier alpha value is -2.90. The maximum Gasteiger partial charge on any atom is 0.279 e. The zero-order valence-corrected chi connectivity index (χ0v) is 17.6. The summed E-state index contributed by atoms with van der Waals surface area (Å²) in [4.78, 5) is 19.9. The molecule has 152 valence electrons. The number of halogens is 1. The Balaban J connectivity index is 1.67. The second-order valence-electron chi connectivity index (χ2n) is 7.07. The number of carbonyl (C=O) groups is 1. The fourth-order valence-electron chi connectivity index (χ4n) is 3.08. The normalized spacial score (nSPS) is 11.9. The number of anilines is 2. The van der Waals surface area contributed by atoms with Gasteiger partial charge in [0, 0.05) is 30.4 Å². The van der Waals surface area contributed by atoms with Gasteiger partial charge in [0.05, 0.1) is 17.9 Å². The van der Waals surface area contributed by atoms with Gasteiger partial charge in [-0.15, -0.1) is 0 Å². The summed E-state index contributed by atoms with van der Waals surface area (Å²) in [7, 11) is 4.04.